The lowest BCUT2D eigenvalue weighted by Gasteiger charge is -2.49. The van der Waals surface area contributed by atoms with Gasteiger partial charge >= 0.3 is 0 Å². The summed E-state index contributed by atoms with van der Waals surface area (Å²) in [5.74, 6) is -0.158. The second kappa shape index (κ2) is 11.4. The van der Waals surface area contributed by atoms with Gasteiger partial charge in [-0.3, -0.25) is 4.79 Å². The maximum absolute atomic E-state index is 13.8. The highest BCUT2D eigenvalue weighted by molar-refractivity contribution is 7.90. The van der Waals surface area contributed by atoms with Crippen LogP contribution in [0.25, 0.3) is 0 Å². The Morgan fingerprint density at radius 2 is 2.00 bits per heavy atom. The van der Waals surface area contributed by atoms with E-state index < -0.39 is 28.3 Å². The molecule has 3 rings (SSSR count). The molecule has 1 heterocycles. The molecule has 1 aliphatic heterocycles. The van der Waals surface area contributed by atoms with Gasteiger partial charge in [0.15, 0.2) is 0 Å². The predicted octanol–water partition coefficient (Wildman–Crippen LogP) is 3.53. The van der Waals surface area contributed by atoms with Gasteiger partial charge in [-0.2, -0.15) is 0 Å². The summed E-state index contributed by atoms with van der Waals surface area (Å²) in [7, 11) is 0.0187. The van der Waals surface area contributed by atoms with Crippen LogP contribution < -0.4 is 5.32 Å². The Labute approximate surface area is 208 Å². The molecule has 1 aliphatic carbocycles. The van der Waals surface area contributed by atoms with Gasteiger partial charge in [-0.05, 0) is 56.5 Å². The lowest BCUT2D eigenvalue weighted by Crippen LogP contribution is -2.61. The van der Waals surface area contributed by atoms with Crippen LogP contribution >= 0.6 is 11.6 Å². The van der Waals surface area contributed by atoms with Crippen molar-refractivity contribution in [1.29, 1.82) is 0 Å². The minimum absolute atomic E-state index is 0.158. The van der Waals surface area contributed by atoms with Crippen LogP contribution in [-0.2, 0) is 19.6 Å². The molecule has 0 spiro atoms. The number of hydrogen-bond acceptors (Lipinski definition) is 5. The number of carbonyl (C=O) groups excluding carboxylic acids is 1. The third kappa shape index (κ3) is 5.57. The van der Waals surface area contributed by atoms with E-state index in [0.29, 0.717) is 30.8 Å². The fourth-order valence-corrected chi connectivity index (χ4v) is 6.32. The second-order valence-electron chi connectivity index (χ2n) is 8.92. The highest BCUT2D eigenvalue weighted by Gasteiger charge is 2.47. The number of allylic oxidation sites excluding steroid dienone is 1. The smallest absolute Gasteiger partial charge is 0.253 e. The van der Waals surface area contributed by atoms with Gasteiger partial charge in [0, 0.05) is 31.2 Å². The zero-order valence-corrected chi connectivity index (χ0v) is 22.0. The standard InChI is InChI=1S/C25H36ClN3O4S/c1-6-17(7-2)24-23(18-9-11-19(26)12-10-18)29(25(30)22(33-24)15-27-4)20(8-3)16-28(5)34(31,32)21-13-14-21/h6-7,9-12,20-24,27H,1,8,13-16H2,2-5H3. The van der Waals surface area contributed by atoms with Crippen molar-refractivity contribution in [2.75, 3.05) is 27.2 Å². The Bertz CT molecular complexity index is 1010. The van der Waals surface area contributed by atoms with Crippen molar-refractivity contribution in [2.24, 2.45) is 0 Å². The quantitative estimate of drug-likeness (QED) is 0.462. The van der Waals surface area contributed by atoms with E-state index in [1.54, 1.807) is 32.3 Å². The molecule has 2 aliphatic rings. The summed E-state index contributed by atoms with van der Waals surface area (Å²) in [5.41, 5.74) is 1.74. The molecule has 188 valence electrons. The van der Waals surface area contributed by atoms with E-state index in [-0.39, 0.29) is 23.7 Å². The summed E-state index contributed by atoms with van der Waals surface area (Å²) in [6.07, 6.45) is 4.52. The van der Waals surface area contributed by atoms with Gasteiger partial charge in [0.2, 0.25) is 10.0 Å². The lowest BCUT2D eigenvalue weighted by atomic mass is 9.89. The van der Waals surface area contributed by atoms with Gasteiger partial charge < -0.3 is 15.0 Å². The Balaban J connectivity index is 2.08. The Morgan fingerprint density at radius 3 is 2.50 bits per heavy atom. The molecular weight excluding hydrogens is 474 g/mol. The lowest BCUT2D eigenvalue weighted by molar-refractivity contribution is -0.173. The van der Waals surface area contributed by atoms with Gasteiger partial charge in [0.1, 0.15) is 12.2 Å². The number of sulfonamides is 1. The molecule has 1 saturated heterocycles. The largest absolute Gasteiger partial charge is 0.357 e. The average molecular weight is 510 g/mol. The van der Waals surface area contributed by atoms with Crippen LogP contribution in [0.1, 0.15) is 44.7 Å². The molecule has 7 nitrogen and oxygen atoms in total. The van der Waals surface area contributed by atoms with Crippen LogP contribution in [-0.4, -0.2) is 74.2 Å². The van der Waals surface area contributed by atoms with Crippen LogP contribution in [0.15, 0.2) is 48.6 Å². The van der Waals surface area contributed by atoms with E-state index in [4.69, 9.17) is 16.3 Å². The number of nitrogens with zero attached hydrogens (tertiary/aromatic N) is 2. The summed E-state index contributed by atoms with van der Waals surface area (Å²) >= 11 is 6.16. The van der Waals surface area contributed by atoms with Gasteiger partial charge in [-0.15, -0.1) is 0 Å². The molecule has 1 saturated carbocycles. The predicted molar refractivity (Wildman–Crippen MR) is 136 cm³/mol. The Kier molecular flexibility index (Phi) is 8.98. The minimum Gasteiger partial charge on any atom is -0.357 e. The van der Waals surface area contributed by atoms with Gasteiger partial charge in [-0.1, -0.05) is 49.4 Å². The van der Waals surface area contributed by atoms with Crippen molar-refractivity contribution in [3.63, 3.8) is 0 Å². The molecule has 4 unspecified atom stereocenters. The number of morpholine rings is 1. The molecule has 0 bridgehead atoms. The van der Waals surface area contributed by atoms with E-state index in [1.165, 1.54) is 4.31 Å². The third-order valence-corrected chi connectivity index (χ3v) is 9.22. The van der Waals surface area contributed by atoms with Crippen LogP contribution in [0.5, 0.6) is 0 Å². The summed E-state index contributed by atoms with van der Waals surface area (Å²) in [6, 6.07) is 6.60. The minimum atomic E-state index is -3.37. The normalized spacial score (nSPS) is 25.0. The first-order chi connectivity index (χ1) is 16.2. The van der Waals surface area contributed by atoms with Crippen LogP contribution in [0.2, 0.25) is 5.02 Å². The molecule has 0 aromatic heterocycles. The number of halogens is 1. The summed E-state index contributed by atoms with van der Waals surface area (Å²) < 4.78 is 33.6. The Hall–Kier alpha value is -1.71. The fraction of sp³-hybridized carbons (Fsp3) is 0.560. The molecule has 1 aromatic rings. The van der Waals surface area contributed by atoms with Crippen molar-refractivity contribution < 1.29 is 17.9 Å². The zero-order valence-electron chi connectivity index (χ0n) is 20.4. The molecule has 1 aromatic carbocycles. The van der Waals surface area contributed by atoms with Crippen molar-refractivity contribution in [3.8, 4) is 0 Å². The molecule has 4 atom stereocenters. The van der Waals surface area contributed by atoms with Crippen LogP contribution in [0, 0.1) is 0 Å². The van der Waals surface area contributed by atoms with Gasteiger partial charge in [0.05, 0.1) is 11.3 Å². The SMILES string of the molecule is C=CC(=CC)C1OC(CNC)C(=O)N(C(CC)CN(C)S(=O)(=O)C2CC2)C1c1ccc(Cl)cc1. The summed E-state index contributed by atoms with van der Waals surface area (Å²) in [5, 5.41) is 3.34. The number of hydrogen-bond donors (Lipinski definition) is 1. The molecule has 0 radical (unpaired) electrons. The molecular formula is C25H36ClN3O4S. The molecule has 9 heteroatoms. The maximum atomic E-state index is 13.8. The first-order valence-electron chi connectivity index (χ1n) is 11.8. The number of amides is 1. The van der Waals surface area contributed by atoms with E-state index in [2.05, 4.69) is 11.9 Å². The van der Waals surface area contributed by atoms with Crippen LogP contribution in [0.4, 0.5) is 0 Å². The number of likely N-dealkylation sites (N-methyl/N-ethyl adjacent to an activating group) is 2. The van der Waals surface area contributed by atoms with E-state index in [1.807, 2.05) is 37.0 Å². The monoisotopic (exact) mass is 509 g/mol. The average Bonchev–Trinajstić information content (AvgIpc) is 3.67. The highest BCUT2D eigenvalue weighted by Crippen LogP contribution is 2.39. The van der Waals surface area contributed by atoms with Crippen molar-refractivity contribution in [2.45, 2.75) is 62.7 Å². The van der Waals surface area contributed by atoms with E-state index in [0.717, 1.165) is 11.1 Å². The number of nitrogens with one attached hydrogen (secondary N) is 1. The first-order valence-corrected chi connectivity index (χ1v) is 13.7. The summed E-state index contributed by atoms with van der Waals surface area (Å²) in [6.45, 7) is 8.43. The zero-order chi connectivity index (χ0) is 25.0. The number of carbonyl (C=O) groups is 1. The van der Waals surface area contributed by atoms with E-state index in [9.17, 15) is 13.2 Å². The highest BCUT2D eigenvalue weighted by atomic mass is 35.5. The van der Waals surface area contributed by atoms with Crippen molar-refractivity contribution >= 4 is 27.5 Å². The maximum Gasteiger partial charge on any atom is 0.253 e. The number of rotatable bonds is 11. The first kappa shape index (κ1) is 26.9. The molecule has 34 heavy (non-hydrogen) atoms. The second-order valence-corrected chi connectivity index (χ2v) is 11.7. The van der Waals surface area contributed by atoms with Gasteiger partial charge in [-0.25, -0.2) is 12.7 Å². The molecule has 2 fully saturated rings. The third-order valence-electron chi connectivity index (χ3n) is 6.64. The van der Waals surface area contributed by atoms with Crippen LogP contribution in [0.3, 0.4) is 0 Å². The molecule has 1 amide bonds. The van der Waals surface area contributed by atoms with Crippen molar-refractivity contribution in [1.82, 2.24) is 14.5 Å². The van der Waals surface area contributed by atoms with Gasteiger partial charge in [0.25, 0.3) is 5.91 Å². The number of benzene rings is 1. The fourth-order valence-electron chi connectivity index (χ4n) is 4.58. The number of ether oxygens (including phenoxy) is 1. The topological polar surface area (TPSA) is 79.0 Å². The summed E-state index contributed by atoms with van der Waals surface area (Å²) in [4.78, 5) is 15.6. The molecule has 1 N–H and O–H groups in total. The Morgan fingerprint density at radius 1 is 1.35 bits per heavy atom. The van der Waals surface area contributed by atoms with E-state index >= 15 is 0 Å². The van der Waals surface area contributed by atoms with Crippen molar-refractivity contribution in [3.05, 3.63) is 59.2 Å².